The Hall–Kier alpha value is -1.22. The van der Waals surface area contributed by atoms with E-state index >= 15 is 0 Å². The van der Waals surface area contributed by atoms with E-state index in [-0.39, 0.29) is 18.8 Å². The van der Waals surface area contributed by atoms with Crippen LogP contribution in [0.3, 0.4) is 0 Å². The summed E-state index contributed by atoms with van der Waals surface area (Å²) in [4.78, 5) is 6.14. The maximum Gasteiger partial charge on any atom is 0.279 e. The molecule has 1 aliphatic heterocycles. The summed E-state index contributed by atoms with van der Waals surface area (Å²) in [5.74, 6) is 0.758. The van der Waals surface area contributed by atoms with Crippen molar-refractivity contribution in [2.24, 2.45) is 0 Å². The van der Waals surface area contributed by atoms with Crippen molar-refractivity contribution in [1.29, 1.82) is 0 Å². The lowest BCUT2D eigenvalue weighted by atomic mass is 10.2. The number of anilines is 1. The minimum atomic E-state index is -3.53. The first kappa shape index (κ1) is 17.1. The van der Waals surface area contributed by atoms with Gasteiger partial charge in [0.15, 0.2) is 0 Å². The number of hydrogen-bond acceptors (Lipinski definition) is 5. The highest BCUT2D eigenvalue weighted by molar-refractivity contribution is 7.87. The maximum atomic E-state index is 12.5. The van der Waals surface area contributed by atoms with Crippen molar-refractivity contribution in [3.8, 4) is 0 Å². The van der Waals surface area contributed by atoms with Crippen LogP contribution in [0.4, 0.5) is 5.82 Å². The molecular weight excluding hydrogens is 304 g/mol. The normalized spacial score (nSPS) is 23.5. The van der Waals surface area contributed by atoms with Gasteiger partial charge in [-0.1, -0.05) is 6.07 Å². The highest BCUT2D eigenvalue weighted by Crippen LogP contribution is 2.16. The SMILES string of the molecule is C[C@@H]1CN(S(=O)(=O)NCc2cccnc2N(C)C)C[C@H](C)O1. The molecule has 1 N–H and O–H groups in total. The summed E-state index contributed by atoms with van der Waals surface area (Å²) >= 11 is 0. The van der Waals surface area contributed by atoms with Gasteiger partial charge < -0.3 is 9.64 Å². The lowest BCUT2D eigenvalue weighted by Crippen LogP contribution is -2.51. The maximum absolute atomic E-state index is 12.5. The van der Waals surface area contributed by atoms with Gasteiger partial charge in [-0.2, -0.15) is 17.4 Å². The third-order valence-corrected chi connectivity index (χ3v) is 4.95. The standard InChI is InChI=1S/C14H24N4O3S/c1-11-9-18(10-12(2)21-11)22(19,20)16-8-13-6-5-7-15-14(13)17(3)4/h5-7,11-12,16H,8-10H2,1-4H3/t11-,12+. The van der Waals surface area contributed by atoms with Gasteiger partial charge >= 0.3 is 0 Å². The Balaban J connectivity index is 2.07. The van der Waals surface area contributed by atoms with E-state index in [4.69, 9.17) is 4.74 Å². The zero-order chi connectivity index (χ0) is 16.3. The second kappa shape index (κ2) is 6.91. The molecular formula is C14H24N4O3S. The van der Waals surface area contributed by atoms with Gasteiger partial charge in [-0.05, 0) is 19.9 Å². The molecule has 8 heteroatoms. The monoisotopic (exact) mass is 328 g/mol. The summed E-state index contributed by atoms with van der Waals surface area (Å²) in [7, 11) is 0.228. The summed E-state index contributed by atoms with van der Waals surface area (Å²) in [5, 5.41) is 0. The Morgan fingerprint density at radius 2 is 2.00 bits per heavy atom. The highest BCUT2D eigenvalue weighted by atomic mass is 32.2. The number of hydrogen-bond donors (Lipinski definition) is 1. The van der Waals surface area contributed by atoms with Crippen LogP contribution in [0.15, 0.2) is 18.3 Å². The van der Waals surface area contributed by atoms with E-state index in [2.05, 4.69) is 9.71 Å². The van der Waals surface area contributed by atoms with E-state index < -0.39 is 10.2 Å². The molecule has 0 spiro atoms. The van der Waals surface area contributed by atoms with Crippen LogP contribution in [-0.2, 0) is 21.5 Å². The molecule has 0 amide bonds. The number of nitrogens with zero attached hydrogens (tertiary/aromatic N) is 3. The molecule has 1 aromatic heterocycles. The van der Waals surface area contributed by atoms with Crippen molar-refractivity contribution >= 4 is 16.0 Å². The second-order valence-electron chi connectivity index (χ2n) is 5.78. The molecule has 1 fully saturated rings. The molecule has 0 aliphatic carbocycles. The fraction of sp³-hybridized carbons (Fsp3) is 0.643. The molecule has 0 saturated carbocycles. The van der Waals surface area contributed by atoms with E-state index in [1.165, 1.54) is 4.31 Å². The van der Waals surface area contributed by atoms with Gasteiger partial charge in [0.05, 0.1) is 12.2 Å². The van der Waals surface area contributed by atoms with E-state index in [0.717, 1.165) is 11.4 Å². The Bertz CT molecular complexity index is 596. The summed E-state index contributed by atoms with van der Waals surface area (Å²) in [5.41, 5.74) is 0.838. The predicted molar refractivity (Wildman–Crippen MR) is 85.9 cm³/mol. The first-order valence-electron chi connectivity index (χ1n) is 7.31. The van der Waals surface area contributed by atoms with Crippen LogP contribution >= 0.6 is 0 Å². The average Bonchev–Trinajstić information content (AvgIpc) is 2.44. The first-order valence-corrected chi connectivity index (χ1v) is 8.75. The number of morpholine rings is 1. The minimum absolute atomic E-state index is 0.101. The molecule has 2 atom stereocenters. The molecule has 0 unspecified atom stereocenters. The smallest absolute Gasteiger partial charge is 0.279 e. The van der Waals surface area contributed by atoms with Crippen molar-refractivity contribution in [1.82, 2.24) is 14.0 Å². The van der Waals surface area contributed by atoms with Crippen molar-refractivity contribution in [3.63, 3.8) is 0 Å². The molecule has 2 rings (SSSR count). The summed E-state index contributed by atoms with van der Waals surface area (Å²) in [6, 6.07) is 3.67. The Labute approximate surface area is 132 Å². The summed E-state index contributed by atoms with van der Waals surface area (Å²) in [6.45, 7) is 4.71. The quantitative estimate of drug-likeness (QED) is 0.856. The highest BCUT2D eigenvalue weighted by Gasteiger charge is 2.30. The Morgan fingerprint density at radius 3 is 2.59 bits per heavy atom. The molecule has 1 saturated heterocycles. The van der Waals surface area contributed by atoms with Crippen LogP contribution < -0.4 is 9.62 Å². The number of pyridine rings is 1. The third-order valence-electron chi connectivity index (χ3n) is 3.46. The Kier molecular flexibility index (Phi) is 5.38. The van der Waals surface area contributed by atoms with Crippen molar-refractivity contribution < 1.29 is 13.2 Å². The summed E-state index contributed by atoms with van der Waals surface area (Å²) < 4.78 is 34.6. The molecule has 0 radical (unpaired) electrons. The van der Waals surface area contributed by atoms with Gasteiger partial charge in [-0.25, -0.2) is 4.98 Å². The van der Waals surface area contributed by atoms with Crippen molar-refractivity contribution in [3.05, 3.63) is 23.9 Å². The van der Waals surface area contributed by atoms with Crippen LogP contribution in [0.25, 0.3) is 0 Å². The van der Waals surface area contributed by atoms with Crippen molar-refractivity contribution in [2.45, 2.75) is 32.6 Å². The first-order chi connectivity index (χ1) is 10.3. The number of aromatic nitrogens is 1. The lowest BCUT2D eigenvalue weighted by molar-refractivity contribution is -0.0444. The van der Waals surface area contributed by atoms with E-state index in [1.807, 2.05) is 38.9 Å². The lowest BCUT2D eigenvalue weighted by Gasteiger charge is -2.34. The molecule has 2 heterocycles. The van der Waals surface area contributed by atoms with Crippen LogP contribution in [-0.4, -0.2) is 57.1 Å². The molecule has 1 aliphatic rings. The molecule has 0 bridgehead atoms. The van der Waals surface area contributed by atoms with E-state index in [9.17, 15) is 8.42 Å². The van der Waals surface area contributed by atoms with Gasteiger partial charge in [0.1, 0.15) is 5.82 Å². The zero-order valence-corrected chi connectivity index (χ0v) is 14.3. The number of rotatable bonds is 5. The average molecular weight is 328 g/mol. The van der Waals surface area contributed by atoms with Gasteiger partial charge in [0, 0.05) is 45.5 Å². The third kappa shape index (κ3) is 4.16. The molecule has 124 valence electrons. The van der Waals surface area contributed by atoms with Crippen LogP contribution in [0.1, 0.15) is 19.4 Å². The zero-order valence-electron chi connectivity index (χ0n) is 13.5. The molecule has 1 aromatic rings. The summed E-state index contributed by atoms with van der Waals surface area (Å²) in [6.07, 6.45) is 1.49. The Morgan fingerprint density at radius 1 is 1.36 bits per heavy atom. The minimum Gasteiger partial charge on any atom is -0.373 e. The largest absolute Gasteiger partial charge is 0.373 e. The number of nitrogens with one attached hydrogen (secondary N) is 1. The van der Waals surface area contributed by atoms with Gasteiger partial charge in [0.2, 0.25) is 0 Å². The predicted octanol–water partition coefficient (Wildman–Crippen LogP) is 0.591. The fourth-order valence-corrected chi connectivity index (χ4v) is 3.89. The molecule has 22 heavy (non-hydrogen) atoms. The van der Waals surface area contributed by atoms with Gasteiger partial charge in [0.25, 0.3) is 10.2 Å². The number of ether oxygens (including phenoxy) is 1. The van der Waals surface area contributed by atoms with Gasteiger partial charge in [-0.15, -0.1) is 0 Å². The van der Waals surface area contributed by atoms with Crippen LogP contribution in [0, 0.1) is 0 Å². The van der Waals surface area contributed by atoms with Crippen molar-refractivity contribution in [2.75, 3.05) is 32.1 Å². The van der Waals surface area contributed by atoms with E-state index in [0.29, 0.717) is 13.1 Å². The van der Waals surface area contributed by atoms with Gasteiger partial charge in [-0.3, -0.25) is 0 Å². The molecule has 7 nitrogen and oxygen atoms in total. The molecule has 0 aromatic carbocycles. The fourth-order valence-electron chi connectivity index (χ4n) is 2.56. The van der Waals surface area contributed by atoms with E-state index in [1.54, 1.807) is 12.3 Å². The second-order valence-corrected chi connectivity index (χ2v) is 7.54. The topological polar surface area (TPSA) is 74.8 Å². The van der Waals surface area contributed by atoms with Crippen LogP contribution in [0.5, 0.6) is 0 Å². The van der Waals surface area contributed by atoms with Crippen LogP contribution in [0.2, 0.25) is 0 Å².